The van der Waals surface area contributed by atoms with Crippen molar-refractivity contribution in [2.45, 2.75) is 57.2 Å². The Morgan fingerprint density at radius 2 is 1.48 bits per heavy atom. The largest absolute Gasteiger partial charge is 0.494 e. The minimum Gasteiger partial charge on any atom is -0.494 e. The number of ether oxygens (including phenoxy) is 3. The lowest BCUT2D eigenvalue weighted by Gasteiger charge is -2.29. The van der Waals surface area contributed by atoms with Crippen LogP contribution in [0.1, 0.15) is 42.5 Å². The van der Waals surface area contributed by atoms with Crippen molar-refractivity contribution < 1.29 is 50.1 Å². The molecule has 248 valence electrons. The molecule has 3 aromatic rings. The van der Waals surface area contributed by atoms with Crippen LogP contribution < -0.4 is 9.47 Å². The van der Waals surface area contributed by atoms with Crippen molar-refractivity contribution in [3.8, 4) is 11.5 Å². The molecule has 3 aromatic carbocycles. The molecule has 0 unspecified atom stereocenters. The van der Waals surface area contributed by atoms with Crippen LogP contribution >= 0.6 is 0 Å². The first-order valence-electron chi connectivity index (χ1n) is 14.5. The molecule has 13 heteroatoms. The molecular formula is C33H34F6N2O5. The van der Waals surface area contributed by atoms with Gasteiger partial charge in [0, 0.05) is 33.0 Å². The van der Waals surface area contributed by atoms with Crippen LogP contribution in [0, 0.1) is 0 Å². The van der Waals surface area contributed by atoms with Crippen LogP contribution in [0.3, 0.4) is 0 Å². The number of alkyl halides is 6. The summed E-state index contributed by atoms with van der Waals surface area (Å²) < 4.78 is 94.6. The Kier molecular flexibility index (Phi) is 10.4. The molecule has 1 saturated heterocycles. The second-order valence-corrected chi connectivity index (χ2v) is 11.2. The first kappa shape index (κ1) is 34.5. The van der Waals surface area contributed by atoms with E-state index in [1.807, 2.05) is 0 Å². The number of carbonyl (C=O) groups is 2. The molecule has 7 nitrogen and oxygen atoms in total. The van der Waals surface area contributed by atoms with Crippen LogP contribution in [0.2, 0.25) is 0 Å². The summed E-state index contributed by atoms with van der Waals surface area (Å²) in [7, 11) is 1.66. The molecule has 0 bridgehead atoms. The van der Waals surface area contributed by atoms with Gasteiger partial charge in [-0.2, -0.15) is 26.3 Å². The van der Waals surface area contributed by atoms with Crippen LogP contribution in [0.4, 0.5) is 31.1 Å². The zero-order chi connectivity index (χ0) is 33.7. The molecule has 2 atom stereocenters. The van der Waals surface area contributed by atoms with Gasteiger partial charge in [0.1, 0.15) is 11.5 Å². The highest BCUT2D eigenvalue weighted by molar-refractivity contribution is 5.80. The van der Waals surface area contributed by atoms with E-state index in [1.54, 1.807) is 48.0 Å². The van der Waals surface area contributed by atoms with Crippen molar-refractivity contribution >= 4 is 12.0 Å². The lowest BCUT2D eigenvalue weighted by Crippen LogP contribution is -2.45. The summed E-state index contributed by atoms with van der Waals surface area (Å²) in [6.45, 7) is 4.01. The van der Waals surface area contributed by atoms with Gasteiger partial charge in [-0.15, -0.1) is 0 Å². The Bertz CT molecular complexity index is 1490. The summed E-state index contributed by atoms with van der Waals surface area (Å²) in [4.78, 5) is 28.8. The van der Waals surface area contributed by atoms with Crippen LogP contribution in [0.15, 0.2) is 72.8 Å². The number of likely N-dealkylation sites (N-methyl/N-ethyl adjacent to an activating group) is 1. The zero-order valence-corrected chi connectivity index (χ0v) is 25.5. The Balaban J connectivity index is 1.36. The van der Waals surface area contributed by atoms with Crippen molar-refractivity contribution in [1.29, 1.82) is 0 Å². The molecule has 0 saturated carbocycles. The number of urea groups is 1. The van der Waals surface area contributed by atoms with E-state index >= 15 is 0 Å². The second-order valence-electron chi connectivity index (χ2n) is 11.2. The summed E-state index contributed by atoms with van der Waals surface area (Å²) in [6, 6.07) is 15.3. The van der Waals surface area contributed by atoms with Gasteiger partial charge in [-0.3, -0.25) is 0 Å². The third-order valence-corrected chi connectivity index (χ3v) is 7.60. The number of esters is 1. The Hall–Kier alpha value is -4.42. The molecule has 0 radical (unpaired) electrons. The van der Waals surface area contributed by atoms with Crippen LogP contribution in [0.25, 0.3) is 0 Å². The predicted molar refractivity (Wildman–Crippen MR) is 156 cm³/mol. The Morgan fingerprint density at radius 3 is 2.07 bits per heavy atom. The van der Waals surface area contributed by atoms with Gasteiger partial charge in [-0.25, -0.2) is 9.59 Å². The molecule has 1 fully saturated rings. The number of amides is 2. The van der Waals surface area contributed by atoms with Gasteiger partial charge in [-0.1, -0.05) is 24.3 Å². The first-order chi connectivity index (χ1) is 21.6. The maximum absolute atomic E-state index is 13.0. The Morgan fingerprint density at radius 1 is 0.870 bits per heavy atom. The van der Waals surface area contributed by atoms with Gasteiger partial charge in [0.2, 0.25) is 5.60 Å². The molecule has 1 aliphatic heterocycles. The van der Waals surface area contributed by atoms with E-state index in [2.05, 4.69) is 0 Å². The molecule has 2 amide bonds. The lowest BCUT2D eigenvalue weighted by molar-refractivity contribution is -0.160. The van der Waals surface area contributed by atoms with Gasteiger partial charge in [0.15, 0.2) is 0 Å². The SMILES string of the molecule is CCOC(=O)[C@](C)(Cc1cccc(OCC[C@H]2CN(Cc3ccc(C(F)(F)F)cc3)C(=O)N2C)c1)Oc1ccc(C(F)(F)F)cc1. The second kappa shape index (κ2) is 13.9. The van der Waals surface area contributed by atoms with E-state index in [0.717, 1.165) is 36.4 Å². The van der Waals surface area contributed by atoms with E-state index in [0.29, 0.717) is 29.8 Å². The fourth-order valence-electron chi connectivity index (χ4n) is 5.12. The third kappa shape index (κ3) is 8.64. The van der Waals surface area contributed by atoms with Gasteiger partial charge in [0.25, 0.3) is 0 Å². The first-order valence-corrected chi connectivity index (χ1v) is 14.5. The predicted octanol–water partition coefficient (Wildman–Crippen LogP) is 7.37. The van der Waals surface area contributed by atoms with Gasteiger partial charge < -0.3 is 24.0 Å². The molecule has 46 heavy (non-hydrogen) atoms. The van der Waals surface area contributed by atoms with Crippen molar-refractivity contribution in [2.24, 2.45) is 0 Å². The molecule has 0 N–H and O–H groups in total. The van der Waals surface area contributed by atoms with E-state index in [4.69, 9.17) is 14.2 Å². The molecule has 0 aromatic heterocycles. The summed E-state index contributed by atoms with van der Waals surface area (Å²) in [5, 5.41) is 0. The summed E-state index contributed by atoms with van der Waals surface area (Å²) in [5.41, 5.74) is -1.92. The maximum atomic E-state index is 13.0. The summed E-state index contributed by atoms with van der Waals surface area (Å²) in [5.74, 6) is -0.124. The number of hydrogen-bond donors (Lipinski definition) is 0. The standard InChI is InChI=1S/C33H34F6N2O5/c1-4-44-29(42)31(2,46-27-14-12-25(13-15-27)33(37,38)39)19-23-6-5-7-28(18-23)45-17-16-26-21-41(30(43)40(26)3)20-22-8-10-24(11-9-22)32(34,35)36/h5-15,18,26H,4,16-17,19-21H2,1-3H3/t26-,31-/m0/s1. The van der Waals surface area contributed by atoms with Crippen molar-refractivity contribution in [2.75, 3.05) is 26.8 Å². The topological polar surface area (TPSA) is 68.3 Å². The number of hydrogen-bond acceptors (Lipinski definition) is 5. The molecule has 0 spiro atoms. The van der Waals surface area contributed by atoms with Crippen LogP contribution in [-0.4, -0.2) is 60.2 Å². The van der Waals surface area contributed by atoms with Crippen molar-refractivity contribution in [1.82, 2.24) is 9.80 Å². The highest BCUT2D eigenvalue weighted by atomic mass is 19.4. The number of halogens is 6. The van der Waals surface area contributed by atoms with E-state index < -0.39 is 35.0 Å². The minimum absolute atomic E-state index is 0.0306. The van der Waals surface area contributed by atoms with E-state index in [9.17, 15) is 35.9 Å². The normalized spacial score (nSPS) is 16.7. The molecule has 1 aliphatic rings. The van der Waals surface area contributed by atoms with Gasteiger partial charge in [-0.05, 0) is 73.5 Å². The molecule has 0 aliphatic carbocycles. The number of rotatable bonds is 12. The smallest absolute Gasteiger partial charge is 0.416 e. The van der Waals surface area contributed by atoms with Gasteiger partial charge in [0.05, 0.1) is 30.4 Å². The van der Waals surface area contributed by atoms with Gasteiger partial charge >= 0.3 is 24.4 Å². The Labute approximate surface area is 262 Å². The highest BCUT2D eigenvalue weighted by Gasteiger charge is 2.39. The third-order valence-electron chi connectivity index (χ3n) is 7.60. The molecular weight excluding hydrogens is 618 g/mol. The monoisotopic (exact) mass is 652 g/mol. The fraction of sp³-hybridized carbons (Fsp3) is 0.394. The molecule has 1 heterocycles. The van der Waals surface area contributed by atoms with Crippen LogP contribution in [-0.2, 0) is 34.8 Å². The lowest BCUT2D eigenvalue weighted by atomic mass is 9.96. The van der Waals surface area contributed by atoms with Crippen molar-refractivity contribution in [3.05, 3.63) is 95.1 Å². The van der Waals surface area contributed by atoms with Crippen molar-refractivity contribution in [3.63, 3.8) is 0 Å². The quantitative estimate of drug-likeness (QED) is 0.151. The average Bonchev–Trinajstić information content (AvgIpc) is 3.24. The van der Waals surface area contributed by atoms with E-state index in [-0.39, 0.29) is 44.0 Å². The minimum atomic E-state index is -4.51. The van der Waals surface area contributed by atoms with Crippen LogP contribution in [0.5, 0.6) is 11.5 Å². The van der Waals surface area contributed by atoms with E-state index in [1.165, 1.54) is 19.1 Å². The maximum Gasteiger partial charge on any atom is 0.416 e. The summed E-state index contributed by atoms with van der Waals surface area (Å²) in [6.07, 6.45) is -8.44. The zero-order valence-electron chi connectivity index (χ0n) is 25.5. The summed E-state index contributed by atoms with van der Waals surface area (Å²) >= 11 is 0. The fourth-order valence-corrected chi connectivity index (χ4v) is 5.12. The molecule has 4 rings (SSSR count). The highest BCUT2D eigenvalue weighted by Crippen LogP contribution is 2.33. The number of benzene rings is 3. The number of carbonyl (C=O) groups excluding carboxylic acids is 2. The number of nitrogens with zero attached hydrogens (tertiary/aromatic N) is 2. The average molecular weight is 653 g/mol.